The summed E-state index contributed by atoms with van der Waals surface area (Å²) in [5, 5.41) is 0.714. The molecular formula is C16H19ClN2O. The quantitative estimate of drug-likeness (QED) is 0.882. The van der Waals surface area contributed by atoms with E-state index in [9.17, 15) is 0 Å². The largest absolute Gasteiger partial charge is 0.367 e. The summed E-state index contributed by atoms with van der Waals surface area (Å²) in [4.78, 5) is 4.03. The smallest absolute Gasteiger partial charge is 0.0981 e. The molecule has 0 aliphatic heterocycles. The molecular weight excluding hydrogens is 272 g/mol. The molecule has 4 heteroatoms. The number of hydrogen-bond acceptors (Lipinski definition) is 3. The number of halogens is 1. The minimum absolute atomic E-state index is 0.0557. The minimum Gasteiger partial charge on any atom is -0.367 e. The number of pyridine rings is 1. The van der Waals surface area contributed by atoms with Crippen molar-refractivity contribution in [3.63, 3.8) is 0 Å². The molecule has 1 aromatic carbocycles. The molecule has 0 saturated heterocycles. The molecule has 0 radical (unpaired) electrons. The summed E-state index contributed by atoms with van der Waals surface area (Å²) in [6, 6.07) is 11.5. The van der Waals surface area contributed by atoms with Crippen LogP contribution in [0.25, 0.3) is 0 Å². The van der Waals surface area contributed by atoms with Crippen molar-refractivity contribution in [3.05, 3.63) is 64.9 Å². The Balaban J connectivity index is 2.11. The molecule has 0 spiro atoms. The molecule has 20 heavy (non-hydrogen) atoms. The standard InChI is InChI=1S/C16H19ClN2O/c1-2-15(18)16(12-7-9-19-10-8-12)20-11-13-5-3-4-6-14(13)17/h3-10,15-16H,2,11,18H2,1H3. The summed E-state index contributed by atoms with van der Waals surface area (Å²) in [5.41, 5.74) is 8.19. The average molecular weight is 291 g/mol. The van der Waals surface area contributed by atoms with Crippen molar-refractivity contribution < 1.29 is 4.74 Å². The number of benzene rings is 1. The molecule has 0 amide bonds. The zero-order valence-corrected chi connectivity index (χ0v) is 12.3. The summed E-state index contributed by atoms with van der Waals surface area (Å²) in [6.45, 7) is 2.50. The van der Waals surface area contributed by atoms with Gasteiger partial charge in [-0.15, -0.1) is 0 Å². The number of ether oxygens (including phenoxy) is 1. The van der Waals surface area contributed by atoms with E-state index in [0.717, 1.165) is 17.5 Å². The van der Waals surface area contributed by atoms with Crippen molar-refractivity contribution >= 4 is 11.6 Å². The van der Waals surface area contributed by atoms with Crippen molar-refractivity contribution in [1.82, 2.24) is 4.98 Å². The lowest BCUT2D eigenvalue weighted by atomic mass is 10.0. The van der Waals surface area contributed by atoms with Crippen LogP contribution in [0.2, 0.25) is 5.02 Å². The fourth-order valence-corrected chi connectivity index (χ4v) is 2.22. The monoisotopic (exact) mass is 290 g/mol. The molecule has 1 heterocycles. The minimum atomic E-state index is -0.153. The summed E-state index contributed by atoms with van der Waals surface area (Å²) < 4.78 is 6.01. The van der Waals surface area contributed by atoms with Crippen LogP contribution >= 0.6 is 11.6 Å². The predicted octanol–water partition coefficient (Wildman–Crippen LogP) is 3.73. The first-order valence-corrected chi connectivity index (χ1v) is 7.10. The molecule has 0 bridgehead atoms. The van der Waals surface area contributed by atoms with E-state index in [0.29, 0.717) is 11.6 Å². The van der Waals surface area contributed by atoms with Crippen LogP contribution in [-0.4, -0.2) is 11.0 Å². The van der Waals surface area contributed by atoms with Crippen LogP contribution < -0.4 is 5.73 Å². The van der Waals surface area contributed by atoms with Crippen LogP contribution in [-0.2, 0) is 11.3 Å². The van der Waals surface area contributed by atoms with Crippen LogP contribution in [0, 0.1) is 0 Å². The average Bonchev–Trinajstić information content (AvgIpc) is 2.50. The van der Waals surface area contributed by atoms with Gasteiger partial charge in [0, 0.05) is 23.5 Å². The summed E-state index contributed by atoms with van der Waals surface area (Å²) in [7, 11) is 0. The molecule has 1 aromatic heterocycles. The second kappa shape index (κ2) is 7.39. The van der Waals surface area contributed by atoms with Crippen molar-refractivity contribution in [2.24, 2.45) is 5.73 Å². The first-order valence-electron chi connectivity index (χ1n) is 6.73. The summed E-state index contributed by atoms with van der Waals surface area (Å²) >= 11 is 6.15. The van der Waals surface area contributed by atoms with Crippen LogP contribution in [0.15, 0.2) is 48.8 Å². The molecule has 2 aromatic rings. The first-order chi connectivity index (χ1) is 9.72. The van der Waals surface area contributed by atoms with Crippen molar-refractivity contribution in [3.8, 4) is 0 Å². The zero-order chi connectivity index (χ0) is 14.4. The Morgan fingerprint density at radius 1 is 1.20 bits per heavy atom. The second-order valence-electron chi connectivity index (χ2n) is 4.68. The molecule has 0 aliphatic carbocycles. The van der Waals surface area contributed by atoms with Gasteiger partial charge in [-0.3, -0.25) is 4.98 Å². The van der Waals surface area contributed by atoms with E-state index in [4.69, 9.17) is 22.1 Å². The summed E-state index contributed by atoms with van der Waals surface area (Å²) in [5.74, 6) is 0. The molecule has 2 atom stereocenters. The highest BCUT2D eigenvalue weighted by Crippen LogP contribution is 2.25. The molecule has 0 saturated carbocycles. The Bertz CT molecular complexity index is 533. The number of aromatic nitrogens is 1. The predicted molar refractivity (Wildman–Crippen MR) is 81.5 cm³/mol. The van der Waals surface area contributed by atoms with E-state index in [1.54, 1.807) is 12.4 Å². The van der Waals surface area contributed by atoms with Gasteiger partial charge < -0.3 is 10.5 Å². The molecule has 0 fully saturated rings. The SMILES string of the molecule is CCC(N)C(OCc1ccccc1Cl)c1ccncc1. The van der Waals surface area contributed by atoms with Gasteiger partial charge in [-0.05, 0) is 35.7 Å². The van der Waals surface area contributed by atoms with Gasteiger partial charge in [0.1, 0.15) is 0 Å². The number of nitrogens with zero attached hydrogens (tertiary/aromatic N) is 1. The van der Waals surface area contributed by atoms with Crippen LogP contribution in [0.4, 0.5) is 0 Å². The third-order valence-electron chi connectivity index (χ3n) is 3.27. The Labute approximate surface area is 124 Å². The zero-order valence-electron chi connectivity index (χ0n) is 11.5. The van der Waals surface area contributed by atoms with Gasteiger partial charge in [0.05, 0.1) is 12.7 Å². The van der Waals surface area contributed by atoms with Gasteiger partial charge in [-0.25, -0.2) is 0 Å². The Morgan fingerprint density at radius 2 is 1.90 bits per heavy atom. The Kier molecular flexibility index (Phi) is 5.53. The van der Waals surface area contributed by atoms with Gasteiger partial charge in [-0.1, -0.05) is 36.7 Å². The Hall–Kier alpha value is -1.42. The summed E-state index contributed by atoms with van der Waals surface area (Å²) in [6.07, 6.45) is 4.20. The normalized spacial score (nSPS) is 13.9. The van der Waals surface area contributed by atoms with Crippen LogP contribution in [0.5, 0.6) is 0 Å². The molecule has 0 aliphatic rings. The lowest BCUT2D eigenvalue weighted by Gasteiger charge is -2.24. The van der Waals surface area contributed by atoms with E-state index in [1.165, 1.54) is 0 Å². The second-order valence-corrected chi connectivity index (χ2v) is 5.08. The topological polar surface area (TPSA) is 48.1 Å². The Morgan fingerprint density at radius 3 is 2.55 bits per heavy atom. The van der Waals surface area contributed by atoms with Gasteiger partial charge in [0.2, 0.25) is 0 Å². The van der Waals surface area contributed by atoms with Gasteiger partial charge >= 0.3 is 0 Å². The first kappa shape index (κ1) is 15.0. The fourth-order valence-electron chi connectivity index (χ4n) is 2.03. The molecule has 2 rings (SSSR count). The lowest BCUT2D eigenvalue weighted by molar-refractivity contribution is 0.0212. The maximum Gasteiger partial charge on any atom is 0.0981 e. The third kappa shape index (κ3) is 3.79. The highest BCUT2D eigenvalue weighted by Gasteiger charge is 2.19. The third-order valence-corrected chi connectivity index (χ3v) is 3.64. The number of hydrogen-bond donors (Lipinski definition) is 1. The maximum absolute atomic E-state index is 6.17. The van der Waals surface area contributed by atoms with E-state index in [-0.39, 0.29) is 12.1 Å². The maximum atomic E-state index is 6.17. The van der Waals surface area contributed by atoms with Crippen LogP contribution in [0.1, 0.15) is 30.6 Å². The highest BCUT2D eigenvalue weighted by atomic mass is 35.5. The van der Waals surface area contributed by atoms with Gasteiger partial charge in [0.15, 0.2) is 0 Å². The van der Waals surface area contributed by atoms with Crippen molar-refractivity contribution in [2.75, 3.05) is 0 Å². The van der Waals surface area contributed by atoms with Gasteiger partial charge in [-0.2, -0.15) is 0 Å². The van der Waals surface area contributed by atoms with E-state index < -0.39 is 0 Å². The highest BCUT2D eigenvalue weighted by molar-refractivity contribution is 6.31. The van der Waals surface area contributed by atoms with Crippen molar-refractivity contribution in [1.29, 1.82) is 0 Å². The molecule has 2 N–H and O–H groups in total. The fraction of sp³-hybridized carbons (Fsp3) is 0.312. The van der Waals surface area contributed by atoms with E-state index in [2.05, 4.69) is 11.9 Å². The van der Waals surface area contributed by atoms with Crippen LogP contribution in [0.3, 0.4) is 0 Å². The number of nitrogens with two attached hydrogens (primary N) is 1. The number of rotatable bonds is 6. The molecule has 3 nitrogen and oxygen atoms in total. The lowest BCUT2D eigenvalue weighted by Crippen LogP contribution is -2.29. The van der Waals surface area contributed by atoms with E-state index >= 15 is 0 Å². The van der Waals surface area contributed by atoms with Gasteiger partial charge in [0.25, 0.3) is 0 Å². The molecule has 106 valence electrons. The van der Waals surface area contributed by atoms with E-state index in [1.807, 2.05) is 36.4 Å². The molecule has 2 unspecified atom stereocenters. The van der Waals surface area contributed by atoms with Crippen molar-refractivity contribution in [2.45, 2.75) is 32.1 Å².